The second-order valence-electron chi connectivity index (χ2n) is 6.35. The van der Waals surface area contributed by atoms with E-state index in [4.69, 9.17) is 16.4 Å². The molecule has 2 saturated heterocycles. The topological polar surface area (TPSA) is 49.9 Å². The summed E-state index contributed by atoms with van der Waals surface area (Å²) in [5.41, 5.74) is -0.0721. The van der Waals surface area contributed by atoms with E-state index in [1.54, 1.807) is 11.0 Å². The van der Waals surface area contributed by atoms with Gasteiger partial charge in [-0.05, 0) is 31.4 Å². The third kappa shape index (κ3) is 3.00. The monoisotopic (exact) mass is 354 g/mol. The Morgan fingerprint density at radius 3 is 2.67 bits per heavy atom. The van der Waals surface area contributed by atoms with E-state index in [0.717, 1.165) is 6.42 Å². The number of nitrogens with zero attached hydrogens (tertiary/aromatic N) is 2. The molecular weight excluding hydrogens is 335 g/mol. The fraction of sp³-hybridized carbons (Fsp3) is 0.529. The van der Waals surface area contributed by atoms with Gasteiger partial charge in [0.15, 0.2) is 0 Å². The fourth-order valence-corrected chi connectivity index (χ4v) is 3.92. The van der Waals surface area contributed by atoms with Gasteiger partial charge in [0.1, 0.15) is 5.82 Å². The number of rotatable bonds is 3. The first-order valence-corrected chi connectivity index (χ1v) is 8.42. The van der Waals surface area contributed by atoms with Gasteiger partial charge in [0.2, 0.25) is 11.8 Å². The lowest BCUT2D eigenvalue weighted by Crippen LogP contribution is -2.54. The van der Waals surface area contributed by atoms with Crippen LogP contribution in [0.2, 0.25) is 5.02 Å². The Morgan fingerprint density at radius 1 is 1.33 bits per heavy atom. The first kappa shape index (κ1) is 17.2. The molecule has 0 unspecified atom stereocenters. The Labute approximate surface area is 145 Å². The number of hydroxylamine groups is 2. The van der Waals surface area contributed by atoms with Crippen molar-refractivity contribution < 1.29 is 18.8 Å². The Hall–Kier alpha value is -1.66. The summed E-state index contributed by atoms with van der Waals surface area (Å²) < 4.78 is 13.8. The van der Waals surface area contributed by atoms with Crippen LogP contribution in [0.3, 0.4) is 0 Å². The van der Waals surface area contributed by atoms with Gasteiger partial charge >= 0.3 is 0 Å². The zero-order valence-electron chi connectivity index (χ0n) is 13.6. The van der Waals surface area contributed by atoms with E-state index in [-0.39, 0.29) is 34.4 Å². The number of carbonyl (C=O) groups excluding carboxylic acids is 2. The van der Waals surface area contributed by atoms with Gasteiger partial charge in [-0.25, -0.2) is 9.45 Å². The van der Waals surface area contributed by atoms with E-state index in [0.29, 0.717) is 32.4 Å². The molecule has 0 bridgehead atoms. The summed E-state index contributed by atoms with van der Waals surface area (Å²) in [6.07, 6.45) is 2.52. The standard InChI is InChI=1S/C17H20ClFN2O3/c1-24-21-15(22)5-6-17(21)7-9-20(10-8-17)16(23)11-12-13(18)3-2-4-14(12)19/h2-4H,5-11H2,1H3. The number of piperidine rings is 1. The van der Waals surface area contributed by atoms with Gasteiger partial charge in [0.05, 0.1) is 19.1 Å². The van der Waals surface area contributed by atoms with Crippen molar-refractivity contribution in [3.05, 3.63) is 34.6 Å². The maximum atomic E-state index is 13.8. The van der Waals surface area contributed by atoms with Crippen molar-refractivity contribution in [2.75, 3.05) is 20.2 Å². The Balaban J connectivity index is 1.65. The SMILES string of the molecule is CON1C(=O)CCC12CCN(C(=O)Cc1c(F)cccc1Cl)CC2. The lowest BCUT2D eigenvalue weighted by atomic mass is 9.86. The molecule has 2 aliphatic heterocycles. The van der Waals surface area contributed by atoms with Crippen molar-refractivity contribution in [2.24, 2.45) is 0 Å². The maximum Gasteiger partial charge on any atom is 0.246 e. The second kappa shape index (κ2) is 6.69. The van der Waals surface area contributed by atoms with Crippen LogP contribution in [-0.2, 0) is 20.8 Å². The largest absolute Gasteiger partial charge is 0.342 e. The molecule has 24 heavy (non-hydrogen) atoms. The lowest BCUT2D eigenvalue weighted by molar-refractivity contribution is -0.202. The summed E-state index contributed by atoms with van der Waals surface area (Å²) in [5.74, 6) is -0.614. The van der Waals surface area contributed by atoms with Crippen molar-refractivity contribution in [1.82, 2.24) is 9.96 Å². The third-order valence-electron chi connectivity index (χ3n) is 5.08. The predicted molar refractivity (Wildman–Crippen MR) is 86.7 cm³/mol. The number of likely N-dealkylation sites (tertiary alicyclic amines) is 1. The summed E-state index contributed by atoms with van der Waals surface area (Å²) in [7, 11) is 1.50. The molecule has 7 heteroatoms. The minimum atomic E-state index is -0.462. The molecule has 2 amide bonds. The van der Waals surface area contributed by atoms with Crippen molar-refractivity contribution in [2.45, 2.75) is 37.6 Å². The molecule has 5 nitrogen and oxygen atoms in total. The van der Waals surface area contributed by atoms with E-state index in [9.17, 15) is 14.0 Å². The molecule has 0 aromatic heterocycles. The van der Waals surface area contributed by atoms with Crippen LogP contribution < -0.4 is 0 Å². The number of hydrogen-bond donors (Lipinski definition) is 0. The van der Waals surface area contributed by atoms with Gasteiger partial charge in [-0.15, -0.1) is 0 Å². The molecule has 0 aliphatic carbocycles. The van der Waals surface area contributed by atoms with Crippen LogP contribution in [0.25, 0.3) is 0 Å². The van der Waals surface area contributed by atoms with Crippen LogP contribution >= 0.6 is 11.6 Å². The van der Waals surface area contributed by atoms with Gasteiger partial charge in [-0.1, -0.05) is 17.7 Å². The van der Waals surface area contributed by atoms with Gasteiger partial charge in [-0.2, -0.15) is 0 Å². The minimum absolute atomic E-state index is 0.00425. The fourth-order valence-electron chi connectivity index (χ4n) is 3.69. The van der Waals surface area contributed by atoms with E-state index in [2.05, 4.69) is 0 Å². The van der Waals surface area contributed by atoms with Crippen molar-refractivity contribution >= 4 is 23.4 Å². The summed E-state index contributed by atoms with van der Waals surface area (Å²) >= 11 is 5.99. The van der Waals surface area contributed by atoms with E-state index >= 15 is 0 Å². The maximum absolute atomic E-state index is 13.8. The molecule has 2 heterocycles. The molecular formula is C17H20ClFN2O3. The van der Waals surface area contributed by atoms with E-state index in [1.807, 2.05) is 0 Å². The molecule has 0 radical (unpaired) electrons. The highest BCUT2D eigenvalue weighted by molar-refractivity contribution is 6.31. The number of benzene rings is 1. The van der Waals surface area contributed by atoms with Crippen LogP contribution in [-0.4, -0.2) is 47.5 Å². The first-order chi connectivity index (χ1) is 11.5. The second-order valence-corrected chi connectivity index (χ2v) is 6.76. The van der Waals surface area contributed by atoms with Crippen LogP contribution in [0.15, 0.2) is 18.2 Å². The first-order valence-electron chi connectivity index (χ1n) is 8.05. The quantitative estimate of drug-likeness (QED) is 0.838. The van der Waals surface area contributed by atoms with Crippen LogP contribution in [0.4, 0.5) is 4.39 Å². The Kier molecular flexibility index (Phi) is 4.78. The highest BCUT2D eigenvalue weighted by Crippen LogP contribution is 2.39. The molecule has 2 aliphatic rings. The van der Waals surface area contributed by atoms with Gasteiger partial charge in [0, 0.05) is 30.1 Å². The number of halogens is 2. The van der Waals surface area contributed by atoms with Crippen LogP contribution in [0.5, 0.6) is 0 Å². The van der Waals surface area contributed by atoms with Crippen molar-refractivity contribution in [1.29, 1.82) is 0 Å². The lowest BCUT2D eigenvalue weighted by Gasteiger charge is -2.43. The number of hydrogen-bond acceptors (Lipinski definition) is 3. The molecule has 130 valence electrons. The average Bonchev–Trinajstić information content (AvgIpc) is 2.87. The van der Waals surface area contributed by atoms with Crippen molar-refractivity contribution in [3.8, 4) is 0 Å². The minimum Gasteiger partial charge on any atom is -0.342 e. The molecule has 0 atom stereocenters. The zero-order valence-corrected chi connectivity index (χ0v) is 14.3. The normalized spacial score (nSPS) is 20.0. The zero-order chi connectivity index (χ0) is 17.3. The number of amides is 2. The van der Waals surface area contributed by atoms with Crippen molar-refractivity contribution in [3.63, 3.8) is 0 Å². The number of carbonyl (C=O) groups is 2. The molecule has 0 saturated carbocycles. The smallest absolute Gasteiger partial charge is 0.246 e. The van der Waals surface area contributed by atoms with E-state index in [1.165, 1.54) is 24.3 Å². The summed E-state index contributed by atoms with van der Waals surface area (Å²) in [4.78, 5) is 31.3. The Bertz CT molecular complexity index is 639. The van der Waals surface area contributed by atoms with Gasteiger partial charge < -0.3 is 4.90 Å². The molecule has 1 aromatic rings. The summed E-state index contributed by atoms with van der Waals surface area (Å²) in [6, 6.07) is 4.41. The molecule has 3 rings (SSSR count). The average molecular weight is 355 g/mol. The molecule has 1 aromatic carbocycles. The van der Waals surface area contributed by atoms with E-state index < -0.39 is 5.82 Å². The van der Waals surface area contributed by atoms with Crippen LogP contribution in [0.1, 0.15) is 31.2 Å². The third-order valence-corrected chi connectivity index (χ3v) is 5.43. The highest BCUT2D eigenvalue weighted by atomic mass is 35.5. The van der Waals surface area contributed by atoms with Gasteiger partial charge in [0.25, 0.3) is 0 Å². The van der Waals surface area contributed by atoms with Crippen LogP contribution in [0, 0.1) is 5.82 Å². The molecule has 0 N–H and O–H groups in total. The summed E-state index contributed by atoms with van der Waals surface area (Å²) in [5, 5.41) is 1.74. The Morgan fingerprint density at radius 2 is 2.04 bits per heavy atom. The predicted octanol–water partition coefficient (Wildman–Crippen LogP) is 2.57. The highest BCUT2D eigenvalue weighted by Gasteiger charge is 2.48. The molecule has 1 spiro atoms. The molecule has 2 fully saturated rings. The van der Waals surface area contributed by atoms with Gasteiger partial charge in [-0.3, -0.25) is 14.4 Å². The summed E-state index contributed by atoms with van der Waals surface area (Å²) in [6.45, 7) is 1.05.